The second kappa shape index (κ2) is 5.17. The number of hydrogen-bond donors (Lipinski definition) is 2. The van der Waals surface area contributed by atoms with Crippen molar-refractivity contribution in [2.75, 3.05) is 18.2 Å². The molecule has 23 heavy (non-hydrogen) atoms. The first-order chi connectivity index (χ1) is 10.9. The summed E-state index contributed by atoms with van der Waals surface area (Å²) in [4.78, 5) is 12.4. The lowest BCUT2D eigenvalue weighted by atomic mass is 9.74. The molecule has 0 atom stereocenters. The molecule has 0 spiro atoms. The Morgan fingerprint density at radius 1 is 1.35 bits per heavy atom. The number of nitrogens with zero attached hydrogens (tertiary/aromatic N) is 2. The van der Waals surface area contributed by atoms with Crippen molar-refractivity contribution in [1.82, 2.24) is 4.68 Å². The van der Waals surface area contributed by atoms with Crippen molar-refractivity contribution in [3.63, 3.8) is 0 Å². The van der Waals surface area contributed by atoms with Crippen molar-refractivity contribution >= 4 is 11.5 Å². The summed E-state index contributed by atoms with van der Waals surface area (Å²) in [6.07, 6.45) is 3.13. The van der Waals surface area contributed by atoms with Gasteiger partial charge in [-0.25, -0.2) is 0 Å². The number of benzene rings is 1. The van der Waals surface area contributed by atoms with E-state index in [1.165, 1.54) is 4.68 Å². The molecule has 0 radical (unpaired) electrons. The molecule has 5 nitrogen and oxygen atoms in total. The smallest absolute Gasteiger partial charge is 0.181 e. The second-order valence-electron chi connectivity index (χ2n) is 6.84. The lowest BCUT2D eigenvalue weighted by molar-refractivity contribution is 0.0904. The summed E-state index contributed by atoms with van der Waals surface area (Å²) < 4.78 is 1.44. The van der Waals surface area contributed by atoms with Gasteiger partial charge in [0.15, 0.2) is 5.78 Å². The second-order valence-corrected chi connectivity index (χ2v) is 6.84. The summed E-state index contributed by atoms with van der Waals surface area (Å²) >= 11 is 0. The normalized spacial score (nSPS) is 15.8. The van der Waals surface area contributed by atoms with E-state index >= 15 is 0 Å². The van der Waals surface area contributed by atoms with Gasteiger partial charge in [-0.15, -0.1) is 0 Å². The van der Waals surface area contributed by atoms with E-state index in [1.54, 1.807) is 13.1 Å². The Kier molecular flexibility index (Phi) is 3.41. The first kappa shape index (κ1) is 15.2. The number of ketones is 1. The van der Waals surface area contributed by atoms with Crippen LogP contribution >= 0.6 is 0 Å². The third-order valence-corrected chi connectivity index (χ3v) is 4.42. The molecule has 1 aliphatic carbocycles. The maximum absolute atomic E-state index is 12.4. The quantitative estimate of drug-likeness (QED) is 0.835. The van der Waals surface area contributed by atoms with Crippen LogP contribution in [0.3, 0.4) is 0 Å². The summed E-state index contributed by atoms with van der Waals surface area (Å²) in [5.41, 5.74) is 4.82. The minimum absolute atomic E-state index is 0.0708. The van der Waals surface area contributed by atoms with E-state index < -0.39 is 0 Å². The molecule has 5 heteroatoms. The molecule has 0 fully saturated rings. The average Bonchev–Trinajstić information content (AvgIpc) is 2.82. The van der Waals surface area contributed by atoms with Crippen molar-refractivity contribution < 1.29 is 4.79 Å². The Bertz CT molecular complexity index is 839. The van der Waals surface area contributed by atoms with Gasteiger partial charge in [-0.2, -0.15) is 5.26 Å². The van der Waals surface area contributed by atoms with Crippen LogP contribution in [0.4, 0.5) is 5.69 Å². The van der Waals surface area contributed by atoms with Crippen LogP contribution in [0.1, 0.15) is 41.9 Å². The summed E-state index contributed by atoms with van der Waals surface area (Å²) in [6, 6.07) is 7.79. The van der Waals surface area contributed by atoms with Gasteiger partial charge in [0.1, 0.15) is 11.8 Å². The molecule has 0 amide bonds. The molecule has 1 aliphatic rings. The first-order valence-corrected chi connectivity index (χ1v) is 7.61. The largest absolute Gasteiger partial charge is 0.387 e. The van der Waals surface area contributed by atoms with Crippen molar-refractivity contribution in [2.24, 2.45) is 5.41 Å². The van der Waals surface area contributed by atoms with Crippen LogP contribution in [0.5, 0.6) is 0 Å². The summed E-state index contributed by atoms with van der Waals surface area (Å²) in [5, 5.41) is 12.2. The molecule has 118 valence electrons. The topological polar surface area (TPSA) is 83.8 Å². The zero-order chi connectivity index (χ0) is 16.8. The minimum Gasteiger partial charge on any atom is -0.387 e. The fraction of sp³-hybridized carbons (Fsp3) is 0.333. The van der Waals surface area contributed by atoms with E-state index in [0.29, 0.717) is 17.7 Å². The molecule has 1 aromatic carbocycles. The van der Waals surface area contributed by atoms with Gasteiger partial charge < -0.3 is 11.2 Å². The number of anilines is 1. The molecule has 1 heterocycles. The van der Waals surface area contributed by atoms with Crippen molar-refractivity contribution in [2.45, 2.75) is 26.7 Å². The highest BCUT2D eigenvalue weighted by atomic mass is 16.1. The number of carbonyl (C=O) groups excluding carboxylic acids is 1. The van der Waals surface area contributed by atoms with E-state index in [0.717, 1.165) is 28.8 Å². The highest BCUT2D eigenvalue weighted by Gasteiger charge is 2.35. The highest BCUT2D eigenvalue weighted by Crippen LogP contribution is 2.40. The van der Waals surface area contributed by atoms with E-state index in [1.807, 2.05) is 18.3 Å². The predicted molar refractivity (Wildman–Crippen MR) is 90.7 cm³/mol. The molecule has 1 aromatic heterocycles. The maximum atomic E-state index is 12.4. The van der Waals surface area contributed by atoms with Gasteiger partial charge in [0.2, 0.25) is 0 Å². The van der Waals surface area contributed by atoms with Crippen LogP contribution in [0.15, 0.2) is 24.4 Å². The Balaban J connectivity index is 2.18. The van der Waals surface area contributed by atoms with Gasteiger partial charge in [0, 0.05) is 25.2 Å². The molecular formula is C18H20N4O. The lowest BCUT2D eigenvalue weighted by Gasteiger charge is -2.29. The van der Waals surface area contributed by atoms with Crippen molar-refractivity contribution in [1.29, 1.82) is 5.26 Å². The monoisotopic (exact) mass is 308 g/mol. The standard InChI is InChI=1S/C18H20N4O/c1-18(2)7-13-14(10-22(20)17(13)16(23)8-18)11-4-5-12(9-19)15(6-11)21-3/h4-6,10,21H,7-8,20H2,1-3H3. The number of nitrogens with one attached hydrogen (secondary N) is 1. The number of rotatable bonds is 2. The maximum Gasteiger partial charge on any atom is 0.181 e. The average molecular weight is 308 g/mol. The van der Waals surface area contributed by atoms with Crippen molar-refractivity contribution in [3.8, 4) is 17.2 Å². The first-order valence-electron chi connectivity index (χ1n) is 7.61. The zero-order valence-corrected chi connectivity index (χ0v) is 13.6. The third kappa shape index (κ3) is 2.46. The van der Waals surface area contributed by atoms with Gasteiger partial charge >= 0.3 is 0 Å². The molecule has 3 rings (SSSR count). The highest BCUT2D eigenvalue weighted by molar-refractivity contribution is 6.00. The van der Waals surface area contributed by atoms with Gasteiger partial charge in [-0.05, 0) is 35.1 Å². The minimum atomic E-state index is -0.0708. The molecule has 0 bridgehead atoms. The van der Waals surface area contributed by atoms with Crippen LogP contribution in [0, 0.1) is 16.7 Å². The number of carbonyl (C=O) groups is 1. The third-order valence-electron chi connectivity index (χ3n) is 4.42. The number of hydrogen-bond acceptors (Lipinski definition) is 4. The van der Waals surface area contributed by atoms with E-state index in [9.17, 15) is 4.79 Å². The molecule has 0 saturated heterocycles. The number of nitrogen functional groups attached to an aromatic ring is 1. The van der Waals surface area contributed by atoms with Crippen LogP contribution in [-0.4, -0.2) is 17.5 Å². The fourth-order valence-electron chi connectivity index (χ4n) is 3.38. The Morgan fingerprint density at radius 2 is 2.09 bits per heavy atom. The van der Waals surface area contributed by atoms with Crippen molar-refractivity contribution in [3.05, 3.63) is 41.2 Å². The summed E-state index contributed by atoms with van der Waals surface area (Å²) in [7, 11) is 1.79. The summed E-state index contributed by atoms with van der Waals surface area (Å²) in [5.74, 6) is 6.12. The van der Waals surface area contributed by atoms with Gasteiger partial charge in [-0.3, -0.25) is 9.47 Å². The Hall–Kier alpha value is -2.74. The van der Waals surface area contributed by atoms with Gasteiger partial charge in [0.05, 0.1) is 11.3 Å². The number of Topliss-reactive ketones (excluding diaryl/α,β-unsaturated/α-hetero) is 1. The van der Waals surface area contributed by atoms with Gasteiger partial charge in [-0.1, -0.05) is 19.9 Å². The van der Waals surface area contributed by atoms with Crippen LogP contribution in [0.2, 0.25) is 0 Å². The molecule has 2 aromatic rings. The predicted octanol–water partition coefficient (Wildman–Crippen LogP) is 2.94. The van der Waals surface area contributed by atoms with E-state index in [-0.39, 0.29) is 11.2 Å². The summed E-state index contributed by atoms with van der Waals surface area (Å²) in [6.45, 7) is 4.20. The van der Waals surface area contributed by atoms with E-state index in [2.05, 4.69) is 25.2 Å². The van der Waals surface area contributed by atoms with Crippen LogP contribution < -0.4 is 11.2 Å². The number of nitriles is 1. The molecular weight excluding hydrogens is 288 g/mol. The molecule has 0 saturated carbocycles. The molecule has 0 aliphatic heterocycles. The Labute approximate surface area is 135 Å². The van der Waals surface area contributed by atoms with Crippen LogP contribution in [0.25, 0.3) is 11.1 Å². The lowest BCUT2D eigenvalue weighted by Crippen LogP contribution is -2.29. The number of nitrogens with two attached hydrogens (primary N) is 1. The number of fused-ring (bicyclic) bond motifs is 1. The zero-order valence-electron chi connectivity index (χ0n) is 13.6. The van der Waals surface area contributed by atoms with E-state index in [4.69, 9.17) is 11.1 Å². The fourth-order valence-corrected chi connectivity index (χ4v) is 3.38. The van der Waals surface area contributed by atoms with Gasteiger partial charge in [0.25, 0.3) is 0 Å². The Morgan fingerprint density at radius 3 is 2.74 bits per heavy atom. The molecule has 0 unspecified atom stereocenters. The van der Waals surface area contributed by atoms with Crippen LogP contribution in [-0.2, 0) is 6.42 Å². The molecule has 3 N–H and O–H groups in total. The SMILES string of the molecule is CNc1cc(-c2cn(N)c3c2CC(C)(C)CC3=O)ccc1C#N. The number of aromatic nitrogens is 1.